The lowest BCUT2D eigenvalue weighted by Crippen LogP contribution is -2.19. The molecule has 0 atom stereocenters. The highest BCUT2D eigenvalue weighted by atomic mass is 35.5. The van der Waals surface area contributed by atoms with Gasteiger partial charge < -0.3 is 4.74 Å². The molecule has 3 heteroatoms. The Balaban J connectivity index is 2.09. The molecule has 1 fully saturated rings. The summed E-state index contributed by atoms with van der Waals surface area (Å²) < 4.78 is 19.2. The third-order valence-corrected chi connectivity index (χ3v) is 3.16. The van der Waals surface area contributed by atoms with Crippen molar-refractivity contribution in [2.45, 2.75) is 38.2 Å². The summed E-state index contributed by atoms with van der Waals surface area (Å²) in [5.74, 6) is 6.02. The summed E-state index contributed by atoms with van der Waals surface area (Å²) in [4.78, 5) is 0. The molecule has 1 aliphatic rings. The normalized spacial score (nSPS) is 15.9. The van der Waals surface area contributed by atoms with Crippen molar-refractivity contribution < 1.29 is 9.13 Å². The Labute approximate surface area is 112 Å². The van der Waals surface area contributed by atoms with Gasteiger partial charge in [-0.3, -0.25) is 0 Å². The van der Waals surface area contributed by atoms with Gasteiger partial charge in [0.15, 0.2) is 0 Å². The minimum Gasteiger partial charge on any atom is -0.490 e. The van der Waals surface area contributed by atoms with E-state index >= 15 is 0 Å². The summed E-state index contributed by atoms with van der Waals surface area (Å²) in [6.07, 6.45) is 5.99. The predicted molar refractivity (Wildman–Crippen MR) is 71.5 cm³/mol. The molecule has 2 rings (SSSR count). The van der Waals surface area contributed by atoms with E-state index in [-0.39, 0.29) is 17.8 Å². The molecule has 1 aromatic carbocycles. The number of hydrogen-bond donors (Lipinski definition) is 0. The second-order valence-corrected chi connectivity index (χ2v) is 4.76. The maximum atomic E-state index is 13.4. The Hall–Kier alpha value is -1.20. The Kier molecular flexibility index (Phi) is 4.90. The summed E-state index contributed by atoms with van der Waals surface area (Å²) in [5.41, 5.74) is 0.612. The first-order chi connectivity index (χ1) is 8.78. The summed E-state index contributed by atoms with van der Waals surface area (Å²) in [7, 11) is 0. The lowest BCUT2D eigenvalue weighted by Gasteiger charge is -2.23. The maximum Gasteiger partial charge on any atom is 0.128 e. The highest BCUT2D eigenvalue weighted by molar-refractivity contribution is 6.19. The highest BCUT2D eigenvalue weighted by Crippen LogP contribution is 2.24. The molecule has 18 heavy (non-hydrogen) atoms. The number of ether oxygens (including phenoxy) is 1. The number of rotatable bonds is 2. The van der Waals surface area contributed by atoms with Crippen molar-refractivity contribution in [3.63, 3.8) is 0 Å². The van der Waals surface area contributed by atoms with Crippen LogP contribution in [-0.4, -0.2) is 12.0 Å². The summed E-state index contributed by atoms with van der Waals surface area (Å²) in [5, 5.41) is 0. The maximum absolute atomic E-state index is 13.4. The third-order valence-electron chi connectivity index (χ3n) is 3.03. The number of benzene rings is 1. The largest absolute Gasteiger partial charge is 0.490 e. The van der Waals surface area contributed by atoms with Gasteiger partial charge in [-0.25, -0.2) is 4.39 Å². The third kappa shape index (κ3) is 3.92. The molecule has 1 aromatic rings. The molecule has 0 N–H and O–H groups in total. The van der Waals surface area contributed by atoms with Gasteiger partial charge in [-0.1, -0.05) is 18.3 Å². The number of alkyl halides is 1. The molecular formula is C15H16ClFO. The number of halogens is 2. The molecule has 0 aliphatic heterocycles. The van der Waals surface area contributed by atoms with Crippen LogP contribution in [0.2, 0.25) is 0 Å². The fourth-order valence-electron chi connectivity index (χ4n) is 2.21. The fraction of sp³-hybridized carbons (Fsp3) is 0.467. The topological polar surface area (TPSA) is 9.23 Å². The van der Waals surface area contributed by atoms with E-state index < -0.39 is 0 Å². The van der Waals surface area contributed by atoms with Gasteiger partial charge in [0.25, 0.3) is 0 Å². The fourth-order valence-corrected chi connectivity index (χ4v) is 2.28. The molecule has 96 valence electrons. The van der Waals surface area contributed by atoms with Gasteiger partial charge in [0.1, 0.15) is 11.6 Å². The average Bonchev–Trinajstić information content (AvgIpc) is 2.37. The molecule has 0 radical (unpaired) electrons. The van der Waals surface area contributed by atoms with Crippen molar-refractivity contribution in [3.8, 4) is 17.6 Å². The minimum absolute atomic E-state index is 0.217. The van der Waals surface area contributed by atoms with Crippen LogP contribution in [0.5, 0.6) is 5.75 Å². The molecule has 0 bridgehead atoms. The van der Waals surface area contributed by atoms with Gasteiger partial charge in [-0.05, 0) is 37.8 Å². The Morgan fingerprint density at radius 3 is 2.72 bits per heavy atom. The van der Waals surface area contributed by atoms with Crippen LogP contribution >= 0.6 is 11.6 Å². The van der Waals surface area contributed by atoms with Gasteiger partial charge >= 0.3 is 0 Å². The standard InChI is InChI=1S/C15H16ClFO/c16-8-4-5-12-9-13(17)11-15(10-12)18-14-6-2-1-3-7-14/h9-11,14H,1-3,6-8H2. The Morgan fingerprint density at radius 1 is 1.22 bits per heavy atom. The smallest absolute Gasteiger partial charge is 0.128 e. The van der Waals surface area contributed by atoms with Crippen molar-refractivity contribution in [3.05, 3.63) is 29.6 Å². The molecule has 1 saturated carbocycles. The van der Waals surface area contributed by atoms with Crippen LogP contribution in [0.25, 0.3) is 0 Å². The van der Waals surface area contributed by atoms with Gasteiger partial charge in [0, 0.05) is 11.6 Å². The van der Waals surface area contributed by atoms with Crippen molar-refractivity contribution in [2.75, 3.05) is 5.88 Å². The van der Waals surface area contributed by atoms with E-state index in [0.29, 0.717) is 11.3 Å². The van der Waals surface area contributed by atoms with Gasteiger partial charge in [-0.2, -0.15) is 0 Å². The quantitative estimate of drug-likeness (QED) is 0.578. The molecule has 0 heterocycles. The first kappa shape index (κ1) is 13.2. The molecule has 0 aromatic heterocycles. The van der Waals surface area contributed by atoms with Crippen molar-refractivity contribution >= 4 is 11.6 Å². The molecule has 1 aliphatic carbocycles. The summed E-state index contributed by atoms with van der Waals surface area (Å²) in [6.45, 7) is 0. The zero-order chi connectivity index (χ0) is 12.8. The lowest BCUT2D eigenvalue weighted by atomic mass is 9.98. The summed E-state index contributed by atoms with van der Waals surface area (Å²) >= 11 is 5.49. The number of hydrogen-bond acceptors (Lipinski definition) is 1. The van der Waals surface area contributed by atoms with Crippen LogP contribution in [0.3, 0.4) is 0 Å². The predicted octanol–water partition coefficient (Wildman–Crippen LogP) is 4.13. The van der Waals surface area contributed by atoms with Crippen LogP contribution in [-0.2, 0) is 0 Å². The SMILES string of the molecule is Fc1cc(C#CCCl)cc(OC2CCCCC2)c1. The van der Waals surface area contributed by atoms with Gasteiger partial charge in [0.2, 0.25) is 0 Å². The summed E-state index contributed by atoms with van der Waals surface area (Å²) in [6, 6.07) is 4.59. The molecule has 1 nitrogen and oxygen atoms in total. The van der Waals surface area contributed by atoms with Gasteiger partial charge in [0.05, 0.1) is 12.0 Å². The second kappa shape index (κ2) is 6.66. The van der Waals surface area contributed by atoms with E-state index in [1.54, 1.807) is 6.07 Å². The van der Waals surface area contributed by atoms with Crippen LogP contribution in [0, 0.1) is 17.7 Å². The lowest BCUT2D eigenvalue weighted by molar-refractivity contribution is 0.154. The average molecular weight is 267 g/mol. The molecule has 0 saturated heterocycles. The molecule has 0 amide bonds. The van der Waals surface area contributed by atoms with Crippen molar-refractivity contribution in [1.82, 2.24) is 0 Å². The monoisotopic (exact) mass is 266 g/mol. The Bertz CT molecular complexity index is 455. The van der Waals surface area contributed by atoms with Crippen LogP contribution in [0.4, 0.5) is 4.39 Å². The molecular weight excluding hydrogens is 251 g/mol. The second-order valence-electron chi connectivity index (χ2n) is 4.49. The zero-order valence-corrected chi connectivity index (χ0v) is 11.0. The first-order valence-electron chi connectivity index (χ1n) is 6.30. The Morgan fingerprint density at radius 2 is 2.00 bits per heavy atom. The van der Waals surface area contributed by atoms with E-state index in [0.717, 1.165) is 12.8 Å². The molecule has 0 spiro atoms. The van der Waals surface area contributed by atoms with Crippen molar-refractivity contribution in [1.29, 1.82) is 0 Å². The van der Waals surface area contributed by atoms with Gasteiger partial charge in [-0.15, -0.1) is 11.6 Å². The van der Waals surface area contributed by atoms with E-state index in [2.05, 4.69) is 11.8 Å². The van der Waals surface area contributed by atoms with E-state index in [9.17, 15) is 4.39 Å². The minimum atomic E-state index is -0.317. The molecule has 0 unspecified atom stereocenters. The van der Waals surface area contributed by atoms with Crippen LogP contribution in [0.15, 0.2) is 18.2 Å². The van der Waals surface area contributed by atoms with E-state index in [4.69, 9.17) is 16.3 Å². The van der Waals surface area contributed by atoms with Crippen molar-refractivity contribution in [2.24, 2.45) is 0 Å². The van der Waals surface area contributed by atoms with Crippen LogP contribution < -0.4 is 4.74 Å². The first-order valence-corrected chi connectivity index (χ1v) is 6.83. The van der Waals surface area contributed by atoms with Crippen LogP contribution in [0.1, 0.15) is 37.7 Å². The highest BCUT2D eigenvalue weighted by Gasteiger charge is 2.15. The van der Waals surface area contributed by atoms with E-state index in [1.165, 1.54) is 31.4 Å². The zero-order valence-electron chi connectivity index (χ0n) is 10.2. The van der Waals surface area contributed by atoms with E-state index in [1.807, 2.05) is 0 Å².